The van der Waals surface area contributed by atoms with Crippen molar-refractivity contribution >= 4 is 5.97 Å². The van der Waals surface area contributed by atoms with Crippen LogP contribution in [-0.4, -0.2) is 38.8 Å². The van der Waals surface area contributed by atoms with Gasteiger partial charge in [-0.25, -0.2) is 0 Å². The molecule has 0 bridgehead atoms. The molecular formula is C8H18N2O2. The molecular weight excluding hydrogens is 156 g/mol. The molecule has 0 fully saturated rings. The first kappa shape index (κ1) is 11.4. The van der Waals surface area contributed by atoms with E-state index in [0.29, 0.717) is 0 Å². The minimum Gasteiger partial charge on any atom is -0.468 e. The molecule has 0 aromatic carbocycles. The van der Waals surface area contributed by atoms with Gasteiger partial charge in [0.05, 0.1) is 7.11 Å². The van der Waals surface area contributed by atoms with E-state index in [1.807, 2.05) is 14.0 Å². The second-order valence-corrected chi connectivity index (χ2v) is 2.87. The Morgan fingerprint density at radius 2 is 2.08 bits per heavy atom. The summed E-state index contributed by atoms with van der Waals surface area (Å²) in [6.07, 6.45) is 0. The van der Waals surface area contributed by atoms with Crippen molar-refractivity contribution in [1.82, 2.24) is 10.6 Å². The number of methoxy groups -OCH3 is 1. The highest BCUT2D eigenvalue weighted by Gasteiger charge is 2.14. The molecule has 1 unspecified atom stereocenters. The Bertz CT molecular complexity index is 139. The van der Waals surface area contributed by atoms with Crippen molar-refractivity contribution in [2.45, 2.75) is 25.9 Å². The molecule has 2 N–H and O–H groups in total. The van der Waals surface area contributed by atoms with Crippen molar-refractivity contribution in [3.8, 4) is 0 Å². The van der Waals surface area contributed by atoms with Crippen molar-refractivity contribution in [2.75, 3.05) is 20.7 Å². The van der Waals surface area contributed by atoms with Gasteiger partial charge in [-0.2, -0.15) is 0 Å². The first-order valence-corrected chi connectivity index (χ1v) is 4.10. The zero-order chi connectivity index (χ0) is 9.56. The molecule has 4 nitrogen and oxygen atoms in total. The summed E-state index contributed by atoms with van der Waals surface area (Å²) >= 11 is 0. The van der Waals surface area contributed by atoms with Crippen LogP contribution in [0.1, 0.15) is 13.8 Å². The zero-order valence-electron chi connectivity index (χ0n) is 8.18. The van der Waals surface area contributed by atoms with Gasteiger partial charge in [0.15, 0.2) is 0 Å². The zero-order valence-corrected chi connectivity index (χ0v) is 8.18. The van der Waals surface area contributed by atoms with Crippen molar-refractivity contribution in [3.05, 3.63) is 0 Å². The highest BCUT2D eigenvalue weighted by atomic mass is 16.5. The predicted molar refractivity (Wildman–Crippen MR) is 48.0 cm³/mol. The maximum Gasteiger partial charge on any atom is 0.322 e. The third kappa shape index (κ3) is 4.31. The normalized spacial score (nSPS) is 15.3. The largest absolute Gasteiger partial charge is 0.468 e. The molecule has 0 aliphatic carbocycles. The van der Waals surface area contributed by atoms with Crippen LogP contribution in [0.4, 0.5) is 0 Å². The molecule has 72 valence electrons. The van der Waals surface area contributed by atoms with E-state index in [0.717, 1.165) is 6.54 Å². The van der Waals surface area contributed by atoms with Crippen molar-refractivity contribution in [1.29, 1.82) is 0 Å². The summed E-state index contributed by atoms with van der Waals surface area (Å²) in [6, 6.07) is 0.0300. The van der Waals surface area contributed by atoms with Crippen LogP contribution in [0.5, 0.6) is 0 Å². The SMILES string of the molecule is CNC[C@H](C)NC(C)C(=O)OC. The molecule has 12 heavy (non-hydrogen) atoms. The molecule has 0 heterocycles. The summed E-state index contributed by atoms with van der Waals surface area (Å²) in [5.74, 6) is -0.224. The van der Waals surface area contributed by atoms with Crippen LogP contribution in [0.3, 0.4) is 0 Å². The molecule has 4 heteroatoms. The lowest BCUT2D eigenvalue weighted by Gasteiger charge is -2.17. The molecule has 0 rings (SSSR count). The van der Waals surface area contributed by atoms with E-state index in [4.69, 9.17) is 0 Å². The van der Waals surface area contributed by atoms with Gasteiger partial charge in [-0.1, -0.05) is 0 Å². The fourth-order valence-corrected chi connectivity index (χ4v) is 1.04. The van der Waals surface area contributed by atoms with E-state index >= 15 is 0 Å². The van der Waals surface area contributed by atoms with Crippen LogP contribution in [0.2, 0.25) is 0 Å². The minimum absolute atomic E-state index is 0.224. The Morgan fingerprint density at radius 1 is 1.50 bits per heavy atom. The standard InChI is InChI=1S/C8H18N2O2/c1-6(5-9-3)10-7(2)8(11)12-4/h6-7,9-10H,5H2,1-4H3/t6-,7?/m0/s1. The van der Waals surface area contributed by atoms with Gasteiger partial charge in [0.2, 0.25) is 0 Å². The van der Waals surface area contributed by atoms with Crippen LogP contribution in [0.25, 0.3) is 0 Å². The van der Waals surface area contributed by atoms with E-state index in [2.05, 4.69) is 15.4 Å². The quantitative estimate of drug-likeness (QED) is 0.564. The summed E-state index contributed by atoms with van der Waals surface area (Å²) in [4.78, 5) is 10.9. The molecule has 0 saturated heterocycles. The van der Waals surface area contributed by atoms with Crippen LogP contribution < -0.4 is 10.6 Å². The molecule has 0 aliphatic heterocycles. The fraction of sp³-hybridized carbons (Fsp3) is 0.875. The number of carbonyl (C=O) groups excluding carboxylic acids is 1. The first-order valence-electron chi connectivity index (χ1n) is 4.10. The number of esters is 1. The Morgan fingerprint density at radius 3 is 2.50 bits per heavy atom. The van der Waals surface area contributed by atoms with Gasteiger partial charge < -0.3 is 15.4 Å². The number of hydrogen-bond acceptors (Lipinski definition) is 4. The lowest BCUT2D eigenvalue weighted by atomic mass is 10.2. The Balaban J connectivity index is 3.67. The molecule has 0 aromatic heterocycles. The highest BCUT2D eigenvalue weighted by Crippen LogP contribution is 1.88. The second-order valence-electron chi connectivity index (χ2n) is 2.87. The third-order valence-corrected chi connectivity index (χ3v) is 1.60. The van der Waals surface area contributed by atoms with Gasteiger partial charge in [0.1, 0.15) is 6.04 Å². The summed E-state index contributed by atoms with van der Waals surface area (Å²) in [5.41, 5.74) is 0. The number of hydrogen-bond donors (Lipinski definition) is 2. The topological polar surface area (TPSA) is 50.4 Å². The maximum absolute atomic E-state index is 10.9. The molecule has 0 spiro atoms. The molecule has 0 radical (unpaired) electrons. The Kier molecular flexibility index (Phi) is 5.66. The van der Waals surface area contributed by atoms with Crippen molar-refractivity contribution < 1.29 is 9.53 Å². The molecule has 0 aromatic rings. The summed E-state index contributed by atoms with van der Waals surface area (Å²) in [6.45, 7) is 4.63. The van der Waals surface area contributed by atoms with E-state index in [-0.39, 0.29) is 18.1 Å². The molecule has 2 atom stereocenters. The highest BCUT2D eigenvalue weighted by molar-refractivity contribution is 5.75. The number of likely N-dealkylation sites (N-methyl/N-ethyl adjacent to an activating group) is 1. The summed E-state index contributed by atoms with van der Waals surface area (Å²) in [7, 11) is 3.27. The van der Waals surface area contributed by atoms with Crippen LogP contribution in [0.15, 0.2) is 0 Å². The lowest BCUT2D eigenvalue weighted by Crippen LogP contribution is -2.44. The number of nitrogens with one attached hydrogen (secondary N) is 2. The lowest BCUT2D eigenvalue weighted by molar-refractivity contribution is -0.142. The minimum atomic E-state index is -0.238. The van der Waals surface area contributed by atoms with E-state index in [1.165, 1.54) is 7.11 Å². The summed E-state index contributed by atoms with van der Waals surface area (Å²) < 4.78 is 4.57. The van der Waals surface area contributed by atoms with Gasteiger partial charge >= 0.3 is 5.97 Å². The Labute approximate surface area is 73.7 Å². The third-order valence-electron chi connectivity index (χ3n) is 1.60. The number of rotatable bonds is 5. The van der Waals surface area contributed by atoms with Gasteiger partial charge in [-0.05, 0) is 20.9 Å². The van der Waals surface area contributed by atoms with Crippen LogP contribution >= 0.6 is 0 Å². The van der Waals surface area contributed by atoms with E-state index in [9.17, 15) is 4.79 Å². The molecule has 0 saturated carbocycles. The summed E-state index contributed by atoms with van der Waals surface area (Å²) in [5, 5.41) is 6.11. The second kappa shape index (κ2) is 5.97. The number of ether oxygens (including phenoxy) is 1. The molecule has 0 amide bonds. The van der Waals surface area contributed by atoms with Crippen LogP contribution in [0, 0.1) is 0 Å². The van der Waals surface area contributed by atoms with Gasteiger partial charge in [-0.15, -0.1) is 0 Å². The average molecular weight is 174 g/mol. The van der Waals surface area contributed by atoms with Gasteiger partial charge in [0.25, 0.3) is 0 Å². The predicted octanol–water partition coefficient (Wildman–Crippen LogP) is -0.255. The van der Waals surface area contributed by atoms with Gasteiger partial charge in [0, 0.05) is 12.6 Å². The fourth-order valence-electron chi connectivity index (χ4n) is 1.04. The van der Waals surface area contributed by atoms with Crippen LogP contribution in [-0.2, 0) is 9.53 Å². The number of carbonyl (C=O) groups is 1. The maximum atomic E-state index is 10.9. The van der Waals surface area contributed by atoms with E-state index in [1.54, 1.807) is 6.92 Å². The smallest absolute Gasteiger partial charge is 0.322 e. The molecule has 0 aliphatic rings. The van der Waals surface area contributed by atoms with Crippen molar-refractivity contribution in [3.63, 3.8) is 0 Å². The first-order chi connectivity index (χ1) is 5.61. The van der Waals surface area contributed by atoms with E-state index < -0.39 is 0 Å². The van der Waals surface area contributed by atoms with Crippen molar-refractivity contribution in [2.24, 2.45) is 0 Å². The Hall–Kier alpha value is -0.610. The monoisotopic (exact) mass is 174 g/mol. The average Bonchev–Trinajstić information content (AvgIpc) is 2.03. The van der Waals surface area contributed by atoms with Gasteiger partial charge in [-0.3, -0.25) is 4.79 Å².